The average Bonchev–Trinajstić information content (AvgIpc) is 2.65. The minimum Gasteiger partial charge on any atom is -0.368 e. The van der Waals surface area contributed by atoms with E-state index < -0.39 is 5.91 Å². The Hall–Kier alpha value is -3.06. The van der Waals surface area contributed by atoms with E-state index in [0.29, 0.717) is 23.3 Å². The fraction of sp³-hybridized carbons (Fsp3) is 0.286. The first kappa shape index (κ1) is 19.7. The molecule has 0 saturated heterocycles. The van der Waals surface area contributed by atoms with Gasteiger partial charge in [-0.05, 0) is 24.3 Å². The van der Waals surface area contributed by atoms with Crippen LogP contribution in [0.15, 0.2) is 53.3 Å². The van der Waals surface area contributed by atoms with E-state index in [4.69, 9.17) is 5.73 Å². The van der Waals surface area contributed by atoms with E-state index in [1.807, 2.05) is 11.4 Å². The molecule has 28 heavy (non-hydrogen) atoms. The van der Waals surface area contributed by atoms with Crippen LogP contribution in [-0.4, -0.2) is 15.5 Å². The summed E-state index contributed by atoms with van der Waals surface area (Å²) < 4.78 is 14.6. The Morgan fingerprint density at radius 2 is 1.86 bits per heavy atom. The van der Waals surface area contributed by atoms with Gasteiger partial charge in [-0.3, -0.25) is 14.2 Å². The number of halogens is 1. The van der Waals surface area contributed by atoms with Crippen molar-refractivity contribution in [3.63, 3.8) is 0 Å². The summed E-state index contributed by atoms with van der Waals surface area (Å²) >= 11 is 0. The van der Waals surface area contributed by atoms with Crippen LogP contribution in [0.25, 0.3) is 10.9 Å². The number of fused-ring (bicyclic) bond motifs is 1. The van der Waals surface area contributed by atoms with Crippen LogP contribution < -0.4 is 16.6 Å². The van der Waals surface area contributed by atoms with Gasteiger partial charge in [-0.25, -0.2) is 9.37 Å². The maximum Gasteiger partial charge on any atom is 0.262 e. The summed E-state index contributed by atoms with van der Waals surface area (Å²) in [6.45, 7) is 4.32. The van der Waals surface area contributed by atoms with Crippen molar-refractivity contribution >= 4 is 16.8 Å². The molecule has 2 aromatic carbocycles. The Bertz CT molecular complexity index is 1040. The van der Waals surface area contributed by atoms with Crippen LogP contribution in [0.5, 0.6) is 0 Å². The molecule has 3 rings (SSSR count). The van der Waals surface area contributed by atoms with E-state index in [1.54, 1.807) is 30.3 Å². The van der Waals surface area contributed by atoms with E-state index in [1.165, 1.54) is 16.7 Å². The van der Waals surface area contributed by atoms with Gasteiger partial charge in [0.15, 0.2) is 5.82 Å². The van der Waals surface area contributed by atoms with Crippen molar-refractivity contribution in [3.8, 4) is 0 Å². The van der Waals surface area contributed by atoms with Gasteiger partial charge in [0.1, 0.15) is 24.9 Å². The van der Waals surface area contributed by atoms with E-state index in [9.17, 15) is 14.0 Å². The molecule has 4 N–H and O–H groups in total. The lowest BCUT2D eigenvalue weighted by atomic mass is 9.96. The topological polar surface area (TPSA) is 94.6 Å². The third-order valence-electron chi connectivity index (χ3n) is 4.78. The average molecular weight is 383 g/mol. The Balaban J connectivity index is 1.96. The summed E-state index contributed by atoms with van der Waals surface area (Å²) in [5.41, 5.74) is 6.63. The number of carbonyl (C=O) groups is 1. The van der Waals surface area contributed by atoms with Gasteiger partial charge < -0.3 is 11.1 Å². The van der Waals surface area contributed by atoms with Gasteiger partial charge in [0.05, 0.1) is 10.9 Å². The number of para-hydroxylation sites is 1. The lowest BCUT2D eigenvalue weighted by molar-refractivity contribution is -0.718. The molecule has 1 heterocycles. The summed E-state index contributed by atoms with van der Waals surface area (Å²) in [5.74, 6) is -0.130. The molecule has 0 unspecified atom stereocenters. The molecule has 0 aliphatic heterocycles. The number of benzene rings is 2. The van der Waals surface area contributed by atoms with E-state index >= 15 is 0 Å². The predicted molar refractivity (Wildman–Crippen MR) is 105 cm³/mol. The Morgan fingerprint density at radius 3 is 2.50 bits per heavy atom. The molecule has 0 saturated carbocycles. The van der Waals surface area contributed by atoms with Crippen molar-refractivity contribution < 1.29 is 14.5 Å². The van der Waals surface area contributed by atoms with Crippen molar-refractivity contribution in [2.75, 3.05) is 0 Å². The molecule has 6 nitrogen and oxygen atoms in total. The maximum atomic E-state index is 13.3. The second-order valence-electron chi connectivity index (χ2n) is 7.16. The van der Waals surface area contributed by atoms with E-state index in [2.05, 4.69) is 18.8 Å². The van der Waals surface area contributed by atoms with Crippen LogP contribution in [0.1, 0.15) is 31.3 Å². The standard InChI is InChI=1S/C21H23FN4O2/c1-13(2)20(14-7-9-15(22)10-8-14)24-11-19-25-17-6-4-3-5-16(17)21(28)26(19)12-18(23)27/h3-10,13,20,24H,11-12H2,1-2H3,(H2,23,27)/p+1/t20-/m0/s1. The zero-order valence-corrected chi connectivity index (χ0v) is 15.9. The fourth-order valence-electron chi connectivity index (χ4n) is 3.40. The third-order valence-corrected chi connectivity index (χ3v) is 4.78. The zero-order valence-electron chi connectivity index (χ0n) is 15.9. The smallest absolute Gasteiger partial charge is 0.262 e. The van der Waals surface area contributed by atoms with Crippen LogP contribution in [0.2, 0.25) is 0 Å². The highest BCUT2D eigenvalue weighted by molar-refractivity contribution is 5.78. The lowest BCUT2D eigenvalue weighted by Gasteiger charge is -2.20. The van der Waals surface area contributed by atoms with Gasteiger partial charge >= 0.3 is 0 Å². The molecular weight excluding hydrogens is 359 g/mol. The highest BCUT2D eigenvalue weighted by Crippen LogP contribution is 2.18. The predicted octanol–water partition coefficient (Wildman–Crippen LogP) is 1.48. The first-order chi connectivity index (χ1) is 13.4. The first-order valence-electron chi connectivity index (χ1n) is 9.22. The van der Waals surface area contributed by atoms with Gasteiger partial charge in [0.2, 0.25) is 5.91 Å². The van der Waals surface area contributed by atoms with E-state index in [0.717, 1.165) is 5.56 Å². The lowest BCUT2D eigenvalue weighted by Crippen LogP contribution is -2.85. The van der Waals surface area contributed by atoms with Crippen LogP contribution in [0.4, 0.5) is 4.39 Å². The molecule has 0 aliphatic rings. The molecule has 7 heteroatoms. The third kappa shape index (κ3) is 4.26. The largest absolute Gasteiger partial charge is 0.368 e. The number of hydrogen-bond donors (Lipinski definition) is 2. The van der Waals surface area contributed by atoms with Gasteiger partial charge in [-0.1, -0.05) is 38.1 Å². The molecule has 0 bridgehead atoms. The molecule has 0 aliphatic carbocycles. The molecule has 0 spiro atoms. The van der Waals surface area contributed by atoms with Crippen molar-refractivity contribution in [1.29, 1.82) is 0 Å². The van der Waals surface area contributed by atoms with Crippen molar-refractivity contribution in [3.05, 3.63) is 76.1 Å². The minimum absolute atomic E-state index is 0.0472. The first-order valence-corrected chi connectivity index (χ1v) is 9.22. The molecule has 1 atom stereocenters. The summed E-state index contributed by atoms with van der Waals surface area (Å²) in [6.07, 6.45) is 0. The van der Waals surface area contributed by atoms with Gasteiger partial charge in [0, 0.05) is 11.5 Å². The van der Waals surface area contributed by atoms with Gasteiger partial charge in [-0.15, -0.1) is 0 Å². The molecule has 146 valence electrons. The van der Waals surface area contributed by atoms with Crippen LogP contribution in [0.3, 0.4) is 0 Å². The monoisotopic (exact) mass is 383 g/mol. The van der Waals surface area contributed by atoms with Crippen LogP contribution in [-0.2, 0) is 17.9 Å². The summed E-state index contributed by atoms with van der Waals surface area (Å²) in [5, 5.41) is 2.50. The number of nitrogens with zero attached hydrogens (tertiary/aromatic N) is 2. The number of rotatable bonds is 7. The highest BCUT2D eigenvalue weighted by atomic mass is 19.1. The number of primary amides is 1. The quantitative estimate of drug-likeness (QED) is 0.647. The number of nitrogens with two attached hydrogens (primary N) is 2. The molecule has 1 amide bonds. The summed E-state index contributed by atoms with van der Waals surface area (Å²) in [6, 6.07) is 13.5. The molecule has 0 radical (unpaired) electrons. The molecular formula is C21H24FN4O2+. The molecule has 0 fully saturated rings. The second-order valence-corrected chi connectivity index (χ2v) is 7.16. The van der Waals surface area contributed by atoms with Crippen LogP contribution in [0, 0.1) is 11.7 Å². The van der Waals surface area contributed by atoms with Gasteiger partial charge in [-0.2, -0.15) is 0 Å². The van der Waals surface area contributed by atoms with Crippen LogP contribution >= 0.6 is 0 Å². The highest BCUT2D eigenvalue weighted by Gasteiger charge is 2.21. The fourth-order valence-corrected chi connectivity index (χ4v) is 3.40. The van der Waals surface area contributed by atoms with Crippen molar-refractivity contribution in [2.45, 2.75) is 33.0 Å². The number of amides is 1. The Labute approximate surface area is 162 Å². The van der Waals surface area contributed by atoms with Crippen molar-refractivity contribution in [2.24, 2.45) is 11.7 Å². The SMILES string of the molecule is CC(C)[C@H]([NH2+]Cc1nc2ccccc2c(=O)n1CC(N)=O)c1ccc(F)cc1. The maximum absolute atomic E-state index is 13.3. The second kappa shape index (κ2) is 8.31. The van der Waals surface area contributed by atoms with E-state index in [-0.39, 0.29) is 29.9 Å². The normalized spacial score (nSPS) is 12.4. The Morgan fingerprint density at radius 1 is 1.18 bits per heavy atom. The van der Waals surface area contributed by atoms with Gasteiger partial charge in [0.25, 0.3) is 5.56 Å². The zero-order chi connectivity index (χ0) is 20.3. The number of quaternary nitrogens is 1. The number of aromatic nitrogens is 2. The number of carbonyl (C=O) groups excluding carboxylic acids is 1. The molecule has 1 aromatic heterocycles. The van der Waals surface area contributed by atoms with Crippen molar-refractivity contribution in [1.82, 2.24) is 9.55 Å². The summed E-state index contributed by atoms with van der Waals surface area (Å²) in [7, 11) is 0. The molecule has 3 aromatic rings. The minimum atomic E-state index is -0.598. The Kier molecular flexibility index (Phi) is 5.84. The number of hydrogen-bond acceptors (Lipinski definition) is 3. The summed E-state index contributed by atoms with van der Waals surface area (Å²) in [4.78, 5) is 28.9.